The normalized spacial score (nSPS) is 23.0. The second-order valence-corrected chi connectivity index (χ2v) is 10.9. The third-order valence-corrected chi connectivity index (χ3v) is 8.41. The smallest absolute Gasteiger partial charge is 0.256 e. The van der Waals surface area contributed by atoms with E-state index < -0.39 is 5.82 Å². The van der Waals surface area contributed by atoms with Crippen molar-refractivity contribution in [3.8, 4) is 5.69 Å². The highest BCUT2D eigenvalue weighted by Crippen LogP contribution is 2.40. The van der Waals surface area contributed by atoms with Gasteiger partial charge in [0.1, 0.15) is 5.82 Å². The molecular weight excluding hydrogens is 455 g/mol. The summed E-state index contributed by atoms with van der Waals surface area (Å²) in [5.74, 6) is 0.244. The molecule has 0 unspecified atom stereocenters. The van der Waals surface area contributed by atoms with Gasteiger partial charge < -0.3 is 19.5 Å². The van der Waals surface area contributed by atoms with Crippen LogP contribution < -0.4 is 0 Å². The highest BCUT2D eigenvalue weighted by molar-refractivity contribution is 5.99. The fourth-order valence-corrected chi connectivity index (χ4v) is 6.03. The molecule has 1 amide bonds. The van der Waals surface area contributed by atoms with Crippen LogP contribution in [0.25, 0.3) is 16.6 Å². The first-order valence-electron chi connectivity index (χ1n) is 13.2. The van der Waals surface area contributed by atoms with Gasteiger partial charge in [-0.05, 0) is 94.2 Å². The minimum Gasteiger partial charge on any atom is -0.396 e. The van der Waals surface area contributed by atoms with Crippen molar-refractivity contribution in [3.63, 3.8) is 0 Å². The summed E-state index contributed by atoms with van der Waals surface area (Å²) in [6, 6.07) is 7.13. The highest BCUT2D eigenvalue weighted by atomic mass is 19.1. The zero-order valence-corrected chi connectivity index (χ0v) is 21.5. The zero-order chi connectivity index (χ0) is 25.4. The topological polar surface area (TPSA) is 61.6 Å². The number of fused-ring (bicyclic) bond motifs is 1. The average Bonchev–Trinajstić information content (AvgIpc) is 3.53. The Balaban J connectivity index is 1.46. The number of aliphatic hydroxyl groups excluding tert-OH is 1. The van der Waals surface area contributed by atoms with E-state index in [1.807, 2.05) is 30.8 Å². The molecule has 2 aliphatic rings. The lowest BCUT2D eigenvalue weighted by atomic mass is 9.81. The van der Waals surface area contributed by atoms with Crippen LogP contribution in [0.1, 0.15) is 67.8 Å². The van der Waals surface area contributed by atoms with Crippen LogP contribution in [0.3, 0.4) is 0 Å². The fourth-order valence-electron chi connectivity index (χ4n) is 6.03. The molecule has 0 spiro atoms. The maximum Gasteiger partial charge on any atom is 0.256 e. The summed E-state index contributed by atoms with van der Waals surface area (Å²) < 4.78 is 16.3. The molecule has 5 rings (SSSR count). The number of hydrogen-bond acceptors (Lipinski definition) is 4. The molecule has 3 aromatic rings. The number of aromatic nitrogens is 2. The van der Waals surface area contributed by atoms with Gasteiger partial charge in [0.2, 0.25) is 0 Å². The second kappa shape index (κ2) is 10.3. The molecule has 1 saturated carbocycles. The van der Waals surface area contributed by atoms with Gasteiger partial charge in [-0.3, -0.25) is 9.78 Å². The van der Waals surface area contributed by atoms with Crippen LogP contribution in [0, 0.1) is 11.7 Å². The van der Waals surface area contributed by atoms with Crippen LogP contribution in [0.2, 0.25) is 0 Å². The van der Waals surface area contributed by atoms with Gasteiger partial charge in [-0.2, -0.15) is 0 Å². The standard InChI is InChI=1S/C29H37FN4O2/c1-19(2)32(3)29(36)25-14-22(30)6-9-27(25)34-17-26(24-10-12-31-15-28(24)34)21-4-7-23(8-5-21)33-13-11-20(16-33)18-35/h6,9-10,12,14-15,17,19-21,23,35H,4-5,7-8,11,13,16,18H2,1-3H3/t20-,21-,23-/m1/s1. The average molecular weight is 493 g/mol. The van der Waals surface area contributed by atoms with Gasteiger partial charge in [0.25, 0.3) is 5.91 Å². The largest absolute Gasteiger partial charge is 0.396 e. The molecule has 1 aromatic carbocycles. The van der Waals surface area contributed by atoms with E-state index in [-0.39, 0.29) is 11.9 Å². The molecule has 1 aliphatic carbocycles. The van der Waals surface area contributed by atoms with Gasteiger partial charge in [0.15, 0.2) is 0 Å². The Morgan fingerprint density at radius 1 is 1.19 bits per heavy atom. The van der Waals surface area contributed by atoms with Crippen molar-refractivity contribution in [1.29, 1.82) is 0 Å². The fraction of sp³-hybridized carbons (Fsp3) is 0.517. The number of benzene rings is 1. The first-order chi connectivity index (χ1) is 17.4. The lowest BCUT2D eigenvalue weighted by molar-refractivity contribution is 0.0754. The van der Waals surface area contributed by atoms with Crippen LogP contribution in [0.15, 0.2) is 42.9 Å². The quantitative estimate of drug-likeness (QED) is 0.527. The summed E-state index contributed by atoms with van der Waals surface area (Å²) >= 11 is 0. The summed E-state index contributed by atoms with van der Waals surface area (Å²) in [6.45, 7) is 6.31. The Bertz CT molecular complexity index is 1230. The Morgan fingerprint density at radius 3 is 2.67 bits per heavy atom. The first-order valence-corrected chi connectivity index (χ1v) is 13.2. The third kappa shape index (κ3) is 4.66. The van der Waals surface area contributed by atoms with Crippen molar-refractivity contribution in [1.82, 2.24) is 19.4 Å². The molecule has 36 heavy (non-hydrogen) atoms. The number of carbonyl (C=O) groups excluding carboxylic acids is 1. The number of carbonyl (C=O) groups is 1. The molecule has 1 N–H and O–H groups in total. The van der Waals surface area contributed by atoms with Crippen LogP contribution in [-0.2, 0) is 0 Å². The molecule has 1 aliphatic heterocycles. The second-order valence-electron chi connectivity index (χ2n) is 10.9. The molecule has 1 saturated heterocycles. The Labute approximate surface area is 212 Å². The summed E-state index contributed by atoms with van der Waals surface area (Å²) in [5, 5.41) is 10.7. The van der Waals surface area contributed by atoms with Gasteiger partial charge in [-0.25, -0.2) is 4.39 Å². The molecule has 6 nitrogen and oxygen atoms in total. The van der Waals surface area contributed by atoms with Gasteiger partial charge in [-0.15, -0.1) is 0 Å². The lowest BCUT2D eigenvalue weighted by Crippen LogP contribution is -2.36. The van der Waals surface area contributed by atoms with Gasteiger partial charge in [-0.1, -0.05) is 0 Å². The molecule has 7 heteroatoms. The van der Waals surface area contributed by atoms with Crippen LogP contribution in [0.5, 0.6) is 0 Å². The maximum absolute atomic E-state index is 14.3. The van der Waals surface area contributed by atoms with E-state index in [1.165, 1.54) is 17.7 Å². The zero-order valence-electron chi connectivity index (χ0n) is 21.5. The number of nitrogens with zero attached hydrogens (tertiary/aromatic N) is 4. The van der Waals surface area contributed by atoms with Crippen LogP contribution in [-0.4, -0.2) is 69.2 Å². The van der Waals surface area contributed by atoms with E-state index in [9.17, 15) is 14.3 Å². The van der Waals surface area contributed by atoms with Crippen molar-refractivity contribution in [3.05, 3.63) is 59.8 Å². The molecule has 2 aromatic heterocycles. The highest BCUT2D eigenvalue weighted by Gasteiger charge is 2.32. The van der Waals surface area contributed by atoms with E-state index in [0.29, 0.717) is 35.7 Å². The molecule has 1 atom stereocenters. The first kappa shape index (κ1) is 24.9. The van der Waals surface area contributed by atoms with E-state index in [2.05, 4.69) is 22.1 Å². The summed E-state index contributed by atoms with van der Waals surface area (Å²) in [4.78, 5) is 21.9. The van der Waals surface area contributed by atoms with Crippen LogP contribution in [0.4, 0.5) is 4.39 Å². The number of pyridine rings is 1. The molecule has 0 radical (unpaired) electrons. The Morgan fingerprint density at radius 2 is 1.97 bits per heavy atom. The number of aliphatic hydroxyl groups is 1. The predicted octanol–water partition coefficient (Wildman–Crippen LogP) is 4.99. The van der Waals surface area contributed by atoms with Gasteiger partial charge >= 0.3 is 0 Å². The number of amides is 1. The lowest BCUT2D eigenvalue weighted by Gasteiger charge is -2.34. The van der Waals surface area contributed by atoms with Crippen molar-refractivity contribution in [2.24, 2.45) is 5.92 Å². The SMILES string of the molecule is CC(C)N(C)C(=O)c1cc(F)ccc1-n1cc([C@H]2CC[C@H](N3CC[C@@H](CO)C3)CC2)c2ccncc21. The van der Waals surface area contributed by atoms with E-state index >= 15 is 0 Å². The molecule has 2 fully saturated rings. The van der Waals surface area contributed by atoms with Crippen LogP contribution >= 0.6 is 0 Å². The number of likely N-dealkylation sites (tertiary alicyclic amines) is 1. The predicted molar refractivity (Wildman–Crippen MR) is 140 cm³/mol. The van der Waals surface area contributed by atoms with E-state index in [4.69, 9.17) is 0 Å². The van der Waals surface area contributed by atoms with Gasteiger partial charge in [0, 0.05) is 50.1 Å². The summed E-state index contributed by atoms with van der Waals surface area (Å²) in [6.07, 6.45) is 11.4. The number of rotatable bonds is 6. The van der Waals surface area contributed by atoms with Crippen molar-refractivity contribution in [2.75, 3.05) is 26.7 Å². The molecule has 0 bridgehead atoms. The van der Waals surface area contributed by atoms with E-state index in [0.717, 1.165) is 56.1 Å². The van der Waals surface area contributed by atoms with E-state index in [1.54, 1.807) is 18.0 Å². The minimum absolute atomic E-state index is 0.00528. The number of halogens is 1. The molecule has 192 valence electrons. The third-order valence-electron chi connectivity index (χ3n) is 8.41. The van der Waals surface area contributed by atoms with Gasteiger partial charge in [0.05, 0.1) is 23.0 Å². The summed E-state index contributed by atoms with van der Waals surface area (Å²) in [7, 11) is 1.75. The Kier molecular flexibility index (Phi) is 7.13. The maximum atomic E-state index is 14.3. The Hall–Kier alpha value is -2.77. The van der Waals surface area contributed by atoms with Crippen molar-refractivity contribution < 1.29 is 14.3 Å². The number of hydrogen-bond donors (Lipinski definition) is 1. The molecule has 3 heterocycles. The van der Waals surface area contributed by atoms with Crippen molar-refractivity contribution in [2.45, 2.75) is 64.0 Å². The minimum atomic E-state index is -0.419. The van der Waals surface area contributed by atoms with Crippen molar-refractivity contribution >= 4 is 16.8 Å². The molecular formula is C29H37FN4O2. The monoisotopic (exact) mass is 492 g/mol. The summed E-state index contributed by atoms with van der Waals surface area (Å²) in [5.41, 5.74) is 3.25.